The second-order valence-corrected chi connectivity index (χ2v) is 9.22. The van der Waals surface area contributed by atoms with Crippen LogP contribution in [0, 0.1) is 5.41 Å². The number of carbonyl (C=O) groups is 3. The molecule has 0 atom stereocenters. The van der Waals surface area contributed by atoms with E-state index in [9.17, 15) is 14.4 Å². The Hall–Kier alpha value is -2.49. The van der Waals surface area contributed by atoms with Crippen molar-refractivity contribution in [2.24, 2.45) is 5.41 Å². The summed E-state index contributed by atoms with van der Waals surface area (Å²) in [5.74, 6) is -0.512. The molecule has 1 heterocycles. The van der Waals surface area contributed by atoms with E-state index < -0.39 is 10.8 Å². The van der Waals surface area contributed by atoms with Crippen LogP contribution in [-0.4, -0.2) is 21.9 Å². The third-order valence-corrected chi connectivity index (χ3v) is 5.06. The molecule has 3 rings (SSSR count). The van der Waals surface area contributed by atoms with Gasteiger partial charge in [-0.15, -0.1) is 0 Å². The van der Waals surface area contributed by atoms with E-state index in [0.717, 1.165) is 5.69 Å². The van der Waals surface area contributed by atoms with Crippen LogP contribution in [0.4, 0.5) is 0 Å². The van der Waals surface area contributed by atoms with Crippen LogP contribution < -0.4 is 0 Å². The van der Waals surface area contributed by atoms with Gasteiger partial charge in [0.15, 0.2) is 11.6 Å². The first kappa shape index (κ1) is 19.3. The van der Waals surface area contributed by atoms with Gasteiger partial charge in [0, 0.05) is 34.2 Å². The minimum Gasteiger partial charge on any atom is -0.340 e. The molecule has 1 aromatic carbocycles. The molecule has 0 saturated heterocycles. The van der Waals surface area contributed by atoms with Crippen LogP contribution in [-0.2, 0) is 12.0 Å². The molecule has 1 aliphatic rings. The Morgan fingerprint density at radius 3 is 1.89 bits per heavy atom. The summed E-state index contributed by atoms with van der Waals surface area (Å²) in [7, 11) is 0. The minimum absolute atomic E-state index is 0.101. The van der Waals surface area contributed by atoms with Gasteiger partial charge in [-0.05, 0) is 6.92 Å². The molecule has 4 heteroatoms. The summed E-state index contributed by atoms with van der Waals surface area (Å²) in [6.07, 6.45) is 0. The van der Waals surface area contributed by atoms with Crippen molar-refractivity contribution in [3.05, 3.63) is 57.9 Å². The maximum atomic E-state index is 13.4. The van der Waals surface area contributed by atoms with E-state index in [2.05, 4.69) is 0 Å². The summed E-state index contributed by atoms with van der Waals surface area (Å²) >= 11 is 0. The lowest BCUT2D eigenvalue weighted by atomic mass is 9.77. The zero-order chi connectivity index (χ0) is 20.3. The highest BCUT2D eigenvalue weighted by molar-refractivity contribution is 6.31. The average molecular weight is 365 g/mol. The molecule has 4 nitrogen and oxygen atoms in total. The van der Waals surface area contributed by atoms with E-state index in [4.69, 9.17) is 0 Å². The fourth-order valence-electron chi connectivity index (χ4n) is 3.91. The van der Waals surface area contributed by atoms with E-state index in [1.54, 1.807) is 24.3 Å². The van der Waals surface area contributed by atoms with Crippen molar-refractivity contribution in [1.29, 1.82) is 0 Å². The second-order valence-electron chi connectivity index (χ2n) is 9.22. The van der Waals surface area contributed by atoms with Gasteiger partial charge in [-0.1, -0.05) is 65.8 Å². The first-order valence-electron chi connectivity index (χ1n) is 9.41. The smallest absolute Gasteiger partial charge is 0.210 e. The molecule has 0 aliphatic heterocycles. The third kappa shape index (κ3) is 2.78. The fraction of sp³-hybridized carbons (Fsp3) is 0.435. The highest BCUT2D eigenvalue weighted by Crippen LogP contribution is 2.40. The van der Waals surface area contributed by atoms with Gasteiger partial charge in [-0.2, -0.15) is 0 Å². The van der Waals surface area contributed by atoms with Crippen molar-refractivity contribution in [2.45, 2.75) is 60.4 Å². The summed E-state index contributed by atoms with van der Waals surface area (Å²) in [5, 5.41) is 0. The van der Waals surface area contributed by atoms with Crippen molar-refractivity contribution >= 4 is 17.3 Å². The largest absolute Gasteiger partial charge is 0.340 e. The Labute approximate surface area is 160 Å². The molecule has 2 aromatic rings. The molecule has 0 saturated carbocycles. The molecule has 0 bridgehead atoms. The molecular weight excluding hydrogens is 338 g/mol. The third-order valence-electron chi connectivity index (χ3n) is 5.06. The Morgan fingerprint density at radius 1 is 0.926 bits per heavy atom. The Morgan fingerprint density at radius 2 is 1.44 bits per heavy atom. The molecule has 0 spiro atoms. The quantitative estimate of drug-likeness (QED) is 0.612. The van der Waals surface area contributed by atoms with E-state index in [1.807, 2.05) is 53.0 Å². The average Bonchev–Trinajstić information content (AvgIpc) is 2.93. The molecule has 0 amide bonds. The highest BCUT2D eigenvalue weighted by atomic mass is 16.1. The number of hydrogen-bond donors (Lipinski definition) is 0. The molecule has 1 aromatic heterocycles. The van der Waals surface area contributed by atoms with Gasteiger partial charge in [-0.3, -0.25) is 14.4 Å². The van der Waals surface area contributed by atoms with Crippen LogP contribution in [0.15, 0.2) is 24.3 Å². The van der Waals surface area contributed by atoms with Crippen LogP contribution in [0.5, 0.6) is 0 Å². The first-order valence-corrected chi connectivity index (χ1v) is 9.41. The molecule has 1 aliphatic carbocycles. The fourth-order valence-corrected chi connectivity index (χ4v) is 3.91. The number of hydrogen-bond acceptors (Lipinski definition) is 3. The van der Waals surface area contributed by atoms with E-state index in [-0.39, 0.29) is 22.9 Å². The highest BCUT2D eigenvalue weighted by Gasteiger charge is 2.43. The predicted octanol–water partition coefficient (Wildman–Crippen LogP) is 4.81. The van der Waals surface area contributed by atoms with Gasteiger partial charge in [0.1, 0.15) is 5.69 Å². The SMILES string of the molecule is CCn1c2c(c(C(=O)C(C)(C)C)c1C(C)(C)C)C(=O)c1ccccc1C2=O. The number of nitrogens with zero attached hydrogens (tertiary/aromatic N) is 1. The van der Waals surface area contributed by atoms with Crippen LogP contribution in [0.25, 0.3) is 0 Å². The summed E-state index contributed by atoms with van der Waals surface area (Å²) in [4.78, 5) is 40.1. The van der Waals surface area contributed by atoms with Gasteiger partial charge in [0.2, 0.25) is 5.78 Å². The summed E-state index contributed by atoms with van der Waals surface area (Å²) in [6, 6.07) is 6.87. The van der Waals surface area contributed by atoms with Crippen LogP contribution in [0.3, 0.4) is 0 Å². The maximum Gasteiger partial charge on any atom is 0.210 e. The van der Waals surface area contributed by atoms with Crippen LogP contribution in [0.1, 0.15) is 96.5 Å². The Bertz CT molecular complexity index is 978. The minimum atomic E-state index is -0.659. The molecule has 27 heavy (non-hydrogen) atoms. The molecule has 0 fully saturated rings. The lowest BCUT2D eigenvalue weighted by Crippen LogP contribution is -2.28. The zero-order valence-corrected chi connectivity index (χ0v) is 17.2. The van der Waals surface area contributed by atoms with E-state index in [1.165, 1.54) is 0 Å². The zero-order valence-electron chi connectivity index (χ0n) is 17.2. The van der Waals surface area contributed by atoms with Crippen LogP contribution >= 0.6 is 0 Å². The number of fused-ring (bicyclic) bond motifs is 2. The molecule has 0 radical (unpaired) electrons. The Kier molecular flexibility index (Phi) is 4.29. The number of Topliss-reactive ketones (excluding diaryl/α,β-unsaturated/α-hetero) is 1. The standard InChI is InChI=1S/C23H27NO3/c1-8-24-17-15(18(25)13-11-9-10-12-14(13)19(17)26)16(20(24)22(2,3)4)21(27)23(5,6)7/h9-12H,8H2,1-7H3. The van der Waals surface area contributed by atoms with Crippen molar-refractivity contribution in [3.8, 4) is 0 Å². The number of rotatable bonds is 2. The number of ketones is 3. The molecule has 0 N–H and O–H groups in total. The summed E-state index contributed by atoms with van der Waals surface area (Å²) in [5.41, 5.74) is 1.57. The predicted molar refractivity (Wildman–Crippen MR) is 106 cm³/mol. The number of aromatic nitrogens is 1. The van der Waals surface area contributed by atoms with Gasteiger partial charge in [0.05, 0.1) is 11.1 Å². The topological polar surface area (TPSA) is 56.1 Å². The summed E-state index contributed by atoms with van der Waals surface area (Å²) < 4.78 is 1.88. The van der Waals surface area contributed by atoms with E-state index >= 15 is 0 Å². The first-order chi connectivity index (χ1) is 12.4. The normalized spacial score (nSPS) is 14.2. The van der Waals surface area contributed by atoms with Crippen molar-refractivity contribution in [3.63, 3.8) is 0 Å². The van der Waals surface area contributed by atoms with E-state index in [0.29, 0.717) is 28.9 Å². The van der Waals surface area contributed by atoms with Gasteiger partial charge < -0.3 is 4.57 Å². The molecule has 0 unspecified atom stereocenters. The van der Waals surface area contributed by atoms with Crippen molar-refractivity contribution in [1.82, 2.24) is 4.57 Å². The monoisotopic (exact) mass is 365 g/mol. The van der Waals surface area contributed by atoms with Gasteiger partial charge in [-0.25, -0.2) is 0 Å². The van der Waals surface area contributed by atoms with Gasteiger partial charge >= 0.3 is 0 Å². The second kappa shape index (κ2) is 6.01. The number of carbonyl (C=O) groups excluding carboxylic acids is 3. The summed E-state index contributed by atoms with van der Waals surface area (Å²) in [6.45, 7) is 14.1. The maximum absolute atomic E-state index is 13.4. The Balaban J connectivity index is 2.49. The lowest BCUT2D eigenvalue weighted by molar-refractivity contribution is 0.0850. The van der Waals surface area contributed by atoms with Crippen LogP contribution in [0.2, 0.25) is 0 Å². The van der Waals surface area contributed by atoms with Crippen molar-refractivity contribution in [2.75, 3.05) is 0 Å². The lowest BCUT2D eigenvalue weighted by Gasteiger charge is -2.26. The number of benzene rings is 1. The van der Waals surface area contributed by atoms with Gasteiger partial charge in [0.25, 0.3) is 0 Å². The molecular formula is C23H27NO3. The molecule has 142 valence electrons. The van der Waals surface area contributed by atoms with Crippen molar-refractivity contribution < 1.29 is 14.4 Å².